The quantitative estimate of drug-likeness (QED) is 0.240. The van der Waals surface area contributed by atoms with Gasteiger partial charge in [-0.3, -0.25) is 4.90 Å². The van der Waals surface area contributed by atoms with E-state index < -0.39 is 0 Å². The lowest BCUT2D eigenvalue weighted by atomic mass is 10.0. The molecule has 4 aromatic rings. The molecule has 4 rings (SSSR count). The van der Waals surface area contributed by atoms with Gasteiger partial charge < -0.3 is 0 Å². The van der Waals surface area contributed by atoms with Crippen molar-refractivity contribution in [3.05, 3.63) is 124 Å². The van der Waals surface area contributed by atoms with Crippen LogP contribution in [0.5, 0.6) is 0 Å². The summed E-state index contributed by atoms with van der Waals surface area (Å²) in [5, 5.41) is 0.576. The fourth-order valence-corrected chi connectivity index (χ4v) is 4.56. The first-order valence-corrected chi connectivity index (χ1v) is 12.1. The minimum Gasteiger partial charge on any atom is -0.290 e. The standard InChI is InChI=1S/C30H31ClN2/c1-3-23-12-8-10-16-26(23)20-33(21-27-17-11-9-13-24(27)4-2)22-29-18-28(19-32-30(29)31)25-14-6-5-7-15-25/h5-19H,3-4,20-22H2,1-2H3. The van der Waals surface area contributed by atoms with Crippen molar-refractivity contribution in [3.8, 4) is 11.1 Å². The largest absolute Gasteiger partial charge is 0.290 e. The second-order valence-electron chi connectivity index (χ2n) is 8.43. The van der Waals surface area contributed by atoms with Crippen molar-refractivity contribution in [1.29, 1.82) is 0 Å². The van der Waals surface area contributed by atoms with Crippen LogP contribution >= 0.6 is 11.6 Å². The van der Waals surface area contributed by atoms with E-state index in [0.717, 1.165) is 49.2 Å². The van der Waals surface area contributed by atoms with Crippen LogP contribution in [0.2, 0.25) is 5.15 Å². The van der Waals surface area contributed by atoms with Gasteiger partial charge in [0, 0.05) is 37.0 Å². The van der Waals surface area contributed by atoms with E-state index in [-0.39, 0.29) is 0 Å². The number of nitrogens with zero attached hydrogens (tertiary/aromatic N) is 2. The number of aromatic nitrogens is 1. The minimum atomic E-state index is 0.576. The van der Waals surface area contributed by atoms with Crippen molar-refractivity contribution in [1.82, 2.24) is 9.88 Å². The molecule has 2 nitrogen and oxygen atoms in total. The van der Waals surface area contributed by atoms with Gasteiger partial charge in [-0.05, 0) is 46.7 Å². The molecule has 33 heavy (non-hydrogen) atoms. The van der Waals surface area contributed by atoms with Gasteiger partial charge in [-0.25, -0.2) is 4.98 Å². The first-order valence-electron chi connectivity index (χ1n) is 11.7. The Morgan fingerprint density at radius 2 is 1.09 bits per heavy atom. The molecule has 0 saturated heterocycles. The molecule has 1 heterocycles. The van der Waals surface area contributed by atoms with Crippen molar-refractivity contribution < 1.29 is 0 Å². The first kappa shape index (κ1) is 23.2. The summed E-state index contributed by atoms with van der Waals surface area (Å²) in [6.07, 6.45) is 3.92. The van der Waals surface area contributed by atoms with E-state index in [0.29, 0.717) is 5.15 Å². The Balaban J connectivity index is 1.67. The number of benzene rings is 3. The third kappa shape index (κ3) is 5.90. The molecule has 1 aromatic heterocycles. The molecule has 3 aromatic carbocycles. The van der Waals surface area contributed by atoms with Crippen LogP contribution in [0.1, 0.15) is 41.7 Å². The number of rotatable bonds is 9. The molecule has 0 saturated carbocycles. The molecule has 0 unspecified atom stereocenters. The van der Waals surface area contributed by atoms with Gasteiger partial charge in [0.15, 0.2) is 0 Å². The fraction of sp³-hybridized carbons (Fsp3) is 0.233. The molecule has 0 aliphatic heterocycles. The molecule has 3 heteroatoms. The summed E-state index contributed by atoms with van der Waals surface area (Å²) in [5.41, 5.74) is 8.84. The van der Waals surface area contributed by atoms with Crippen LogP contribution in [-0.4, -0.2) is 9.88 Å². The number of pyridine rings is 1. The zero-order valence-electron chi connectivity index (χ0n) is 19.5. The first-order chi connectivity index (χ1) is 16.2. The topological polar surface area (TPSA) is 16.1 Å². The third-order valence-electron chi connectivity index (χ3n) is 6.20. The zero-order chi connectivity index (χ0) is 23.0. The molecule has 0 aliphatic rings. The third-order valence-corrected chi connectivity index (χ3v) is 6.54. The van der Waals surface area contributed by atoms with E-state index >= 15 is 0 Å². The second kappa shape index (κ2) is 11.3. The normalized spacial score (nSPS) is 11.2. The van der Waals surface area contributed by atoms with Crippen LogP contribution in [0.3, 0.4) is 0 Å². The van der Waals surface area contributed by atoms with Crippen LogP contribution in [-0.2, 0) is 32.5 Å². The predicted molar refractivity (Wildman–Crippen MR) is 139 cm³/mol. The summed E-state index contributed by atoms with van der Waals surface area (Å²) >= 11 is 6.61. The molecule has 0 spiro atoms. The summed E-state index contributed by atoms with van der Waals surface area (Å²) in [4.78, 5) is 7.02. The molecule has 0 amide bonds. The Morgan fingerprint density at radius 3 is 1.64 bits per heavy atom. The molecule has 0 bridgehead atoms. The van der Waals surface area contributed by atoms with Gasteiger partial charge in [0.2, 0.25) is 0 Å². The minimum absolute atomic E-state index is 0.576. The van der Waals surface area contributed by atoms with Crippen LogP contribution in [0, 0.1) is 0 Å². The highest BCUT2D eigenvalue weighted by molar-refractivity contribution is 6.30. The van der Waals surface area contributed by atoms with E-state index in [1.54, 1.807) is 0 Å². The molecule has 168 valence electrons. The lowest BCUT2D eigenvalue weighted by Gasteiger charge is -2.25. The number of hydrogen-bond acceptors (Lipinski definition) is 2. The smallest absolute Gasteiger partial charge is 0.133 e. The Kier molecular flexibility index (Phi) is 7.93. The molecule has 0 aliphatic carbocycles. The molecular weight excluding hydrogens is 424 g/mol. The summed E-state index contributed by atoms with van der Waals surface area (Å²) < 4.78 is 0. The lowest BCUT2D eigenvalue weighted by Crippen LogP contribution is -2.24. The summed E-state index contributed by atoms with van der Waals surface area (Å²) in [5.74, 6) is 0. The zero-order valence-corrected chi connectivity index (χ0v) is 20.2. The maximum absolute atomic E-state index is 6.61. The van der Waals surface area contributed by atoms with Crippen LogP contribution in [0.15, 0.2) is 91.1 Å². The highest BCUT2D eigenvalue weighted by Crippen LogP contribution is 2.26. The second-order valence-corrected chi connectivity index (χ2v) is 8.79. The molecule has 0 radical (unpaired) electrons. The van der Waals surface area contributed by atoms with Crippen LogP contribution in [0.4, 0.5) is 0 Å². The van der Waals surface area contributed by atoms with Gasteiger partial charge in [-0.1, -0.05) is 104 Å². The van der Waals surface area contributed by atoms with Gasteiger partial charge in [0.05, 0.1) is 0 Å². The van der Waals surface area contributed by atoms with E-state index in [9.17, 15) is 0 Å². The van der Waals surface area contributed by atoms with E-state index in [1.807, 2.05) is 12.3 Å². The van der Waals surface area contributed by atoms with Crippen LogP contribution < -0.4 is 0 Å². The Labute approximate surface area is 202 Å². The lowest BCUT2D eigenvalue weighted by molar-refractivity contribution is 0.246. The highest BCUT2D eigenvalue weighted by atomic mass is 35.5. The van der Waals surface area contributed by atoms with Crippen molar-refractivity contribution >= 4 is 11.6 Å². The summed E-state index contributed by atoms with van der Waals surface area (Å²) in [6, 6.07) is 30.1. The van der Waals surface area contributed by atoms with Crippen molar-refractivity contribution in [2.75, 3.05) is 0 Å². The maximum atomic E-state index is 6.61. The molecule has 0 N–H and O–H groups in total. The van der Waals surface area contributed by atoms with E-state index in [1.165, 1.54) is 22.3 Å². The molecule has 0 atom stereocenters. The number of halogens is 1. The molecule has 0 fully saturated rings. The van der Waals surface area contributed by atoms with E-state index in [2.05, 4.69) is 103 Å². The average molecular weight is 455 g/mol. The average Bonchev–Trinajstić information content (AvgIpc) is 2.86. The summed E-state index contributed by atoms with van der Waals surface area (Å²) in [6.45, 7) is 6.92. The van der Waals surface area contributed by atoms with Gasteiger partial charge in [-0.2, -0.15) is 0 Å². The van der Waals surface area contributed by atoms with Crippen molar-refractivity contribution in [2.45, 2.75) is 46.3 Å². The maximum Gasteiger partial charge on any atom is 0.133 e. The van der Waals surface area contributed by atoms with Gasteiger partial charge >= 0.3 is 0 Å². The van der Waals surface area contributed by atoms with Crippen molar-refractivity contribution in [2.24, 2.45) is 0 Å². The van der Waals surface area contributed by atoms with Gasteiger partial charge in [0.1, 0.15) is 5.15 Å². The predicted octanol–water partition coefficient (Wildman–Crippen LogP) is 7.73. The summed E-state index contributed by atoms with van der Waals surface area (Å²) in [7, 11) is 0. The Morgan fingerprint density at radius 1 is 0.606 bits per heavy atom. The van der Waals surface area contributed by atoms with Crippen molar-refractivity contribution in [3.63, 3.8) is 0 Å². The number of hydrogen-bond donors (Lipinski definition) is 0. The van der Waals surface area contributed by atoms with Gasteiger partial charge in [-0.15, -0.1) is 0 Å². The molecular formula is C30H31ClN2. The number of aryl methyl sites for hydroxylation is 2. The van der Waals surface area contributed by atoms with Gasteiger partial charge in [0.25, 0.3) is 0 Å². The Bertz CT molecular complexity index is 1140. The monoisotopic (exact) mass is 454 g/mol. The highest BCUT2D eigenvalue weighted by Gasteiger charge is 2.15. The Hall–Kier alpha value is -2.94. The van der Waals surface area contributed by atoms with Crippen LogP contribution in [0.25, 0.3) is 11.1 Å². The SMILES string of the molecule is CCc1ccccc1CN(Cc1ccccc1CC)Cc1cc(-c2ccccc2)cnc1Cl. The fourth-order valence-electron chi connectivity index (χ4n) is 4.40. The van der Waals surface area contributed by atoms with E-state index in [4.69, 9.17) is 11.6 Å².